The molecule has 0 aliphatic rings. The van der Waals surface area contributed by atoms with Gasteiger partial charge in [0.25, 0.3) is 0 Å². The van der Waals surface area contributed by atoms with E-state index in [1.165, 1.54) is 12.1 Å². The van der Waals surface area contributed by atoms with Crippen molar-refractivity contribution in [3.63, 3.8) is 0 Å². The maximum atomic E-state index is 13.1. The van der Waals surface area contributed by atoms with Crippen molar-refractivity contribution in [1.82, 2.24) is 14.5 Å². The van der Waals surface area contributed by atoms with Crippen LogP contribution >= 0.6 is 0 Å². The van der Waals surface area contributed by atoms with Gasteiger partial charge in [-0.05, 0) is 29.5 Å². The number of imidazole rings is 1. The van der Waals surface area contributed by atoms with Gasteiger partial charge in [0.2, 0.25) is 5.91 Å². The van der Waals surface area contributed by atoms with Crippen LogP contribution in [0.5, 0.6) is 0 Å². The third kappa shape index (κ3) is 6.00. The van der Waals surface area contributed by atoms with E-state index in [2.05, 4.69) is 32.7 Å². The summed E-state index contributed by atoms with van der Waals surface area (Å²) < 4.78 is 15.1. The van der Waals surface area contributed by atoms with E-state index >= 15 is 0 Å². The fourth-order valence-corrected chi connectivity index (χ4v) is 2.77. The first-order valence-electron chi connectivity index (χ1n) is 8.87. The summed E-state index contributed by atoms with van der Waals surface area (Å²) in [6.07, 6.45) is 4.20. The molecule has 0 saturated heterocycles. The Hall–Kier alpha value is -2.17. The molecule has 0 aliphatic carbocycles. The molecule has 0 saturated carbocycles. The minimum Gasteiger partial charge on any atom is -0.335 e. The van der Waals surface area contributed by atoms with Crippen LogP contribution in [0, 0.1) is 17.7 Å². The first-order chi connectivity index (χ1) is 11.8. The normalized spacial score (nSPS) is 11.3. The van der Waals surface area contributed by atoms with E-state index in [1.807, 2.05) is 15.7 Å². The second-order valence-corrected chi connectivity index (χ2v) is 7.36. The van der Waals surface area contributed by atoms with Crippen molar-refractivity contribution < 1.29 is 9.18 Å². The van der Waals surface area contributed by atoms with Gasteiger partial charge >= 0.3 is 0 Å². The van der Waals surface area contributed by atoms with Gasteiger partial charge < -0.3 is 9.47 Å². The molecule has 4 nitrogen and oxygen atoms in total. The number of nitrogens with zero attached hydrogens (tertiary/aromatic N) is 3. The van der Waals surface area contributed by atoms with E-state index in [-0.39, 0.29) is 11.7 Å². The molecule has 0 aliphatic heterocycles. The highest BCUT2D eigenvalue weighted by molar-refractivity contribution is 5.76. The van der Waals surface area contributed by atoms with Crippen LogP contribution < -0.4 is 0 Å². The predicted molar refractivity (Wildman–Crippen MR) is 97.4 cm³/mol. The predicted octanol–water partition coefficient (Wildman–Crippen LogP) is 4.10. The fourth-order valence-electron chi connectivity index (χ4n) is 2.77. The van der Waals surface area contributed by atoms with E-state index in [0.29, 0.717) is 31.3 Å². The first kappa shape index (κ1) is 19.2. The van der Waals surface area contributed by atoms with Crippen molar-refractivity contribution in [3.8, 4) is 0 Å². The molecule has 25 heavy (non-hydrogen) atoms. The number of benzene rings is 1. The number of carbonyl (C=O) groups excluding carboxylic acids is 1. The molecule has 5 heteroatoms. The minimum absolute atomic E-state index is 0.167. The molecule has 1 amide bonds. The summed E-state index contributed by atoms with van der Waals surface area (Å²) >= 11 is 0. The van der Waals surface area contributed by atoms with Gasteiger partial charge in [0.05, 0.1) is 6.54 Å². The van der Waals surface area contributed by atoms with Gasteiger partial charge in [0.1, 0.15) is 11.6 Å². The Balaban J connectivity index is 2.12. The molecular weight excluding hydrogens is 317 g/mol. The quantitative estimate of drug-likeness (QED) is 0.722. The molecule has 0 spiro atoms. The number of hydrogen-bond donors (Lipinski definition) is 0. The van der Waals surface area contributed by atoms with E-state index in [1.54, 1.807) is 18.3 Å². The molecule has 0 N–H and O–H groups in total. The second kappa shape index (κ2) is 8.79. The molecule has 1 heterocycles. The standard InChI is InChI=1S/C20H28FN3O/c1-15(2)11-20(25)24(12-16(3)4)14-19-22-9-10-23(19)13-17-5-7-18(21)8-6-17/h5-10,15-16H,11-14H2,1-4H3. The largest absolute Gasteiger partial charge is 0.335 e. The van der Waals surface area contributed by atoms with Crippen LogP contribution in [0.1, 0.15) is 45.5 Å². The van der Waals surface area contributed by atoms with Gasteiger partial charge in [-0.25, -0.2) is 9.37 Å². The van der Waals surface area contributed by atoms with Gasteiger partial charge in [-0.3, -0.25) is 4.79 Å². The summed E-state index contributed by atoms with van der Waals surface area (Å²) in [4.78, 5) is 18.9. The van der Waals surface area contributed by atoms with Crippen LogP contribution in [0.15, 0.2) is 36.7 Å². The first-order valence-corrected chi connectivity index (χ1v) is 8.87. The van der Waals surface area contributed by atoms with E-state index < -0.39 is 0 Å². The van der Waals surface area contributed by atoms with Crippen molar-refractivity contribution in [3.05, 3.63) is 53.9 Å². The highest BCUT2D eigenvalue weighted by Crippen LogP contribution is 2.13. The lowest BCUT2D eigenvalue weighted by atomic mass is 10.1. The topological polar surface area (TPSA) is 38.1 Å². The van der Waals surface area contributed by atoms with Crippen molar-refractivity contribution in [2.75, 3.05) is 6.54 Å². The lowest BCUT2D eigenvalue weighted by Gasteiger charge is -2.25. The highest BCUT2D eigenvalue weighted by Gasteiger charge is 2.18. The minimum atomic E-state index is -0.239. The van der Waals surface area contributed by atoms with Gasteiger partial charge in [-0.15, -0.1) is 0 Å². The van der Waals surface area contributed by atoms with Crippen LogP contribution in [-0.2, 0) is 17.9 Å². The summed E-state index contributed by atoms with van der Waals surface area (Å²) in [6.45, 7) is 10.2. The monoisotopic (exact) mass is 345 g/mol. The molecule has 2 rings (SSSR count). The van der Waals surface area contributed by atoms with Gasteiger partial charge in [0, 0.05) is 31.9 Å². The molecule has 0 fully saturated rings. The van der Waals surface area contributed by atoms with E-state index in [4.69, 9.17) is 0 Å². The molecule has 0 bridgehead atoms. The van der Waals surface area contributed by atoms with Crippen molar-refractivity contribution in [2.45, 2.75) is 47.2 Å². The number of rotatable bonds is 8. The summed E-state index contributed by atoms with van der Waals surface area (Å²) in [5, 5.41) is 0. The average Bonchev–Trinajstić information content (AvgIpc) is 2.95. The summed E-state index contributed by atoms with van der Waals surface area (Å²) in [6, 6.07) is 6.47. The highest BCUT2D eigenvalue weighted by atomic mass is 19.1. The molecule has 1 aromatic heterocycles. The average molecular weight is 345 g/mol. The number of amides is 1. The second-order valence-electron chi connectivity index (χ2n) is 7.36. The lowest BCUT2D eigenvalue weighted by molar-refractivity contribution is -0.133. The van der Waals surface area contributed by atoms with Gasteiger partial charge in [-0.1, -0.05) is 39.8 Å². The summed E-state index contributed by atoms with van der Waals surface area (Å²) in [5.74, 6) is 1.51. The number of carbonyl (C=O) groups is 1. The Kier molecular flexibility index (Phi) is 6.73. The maximum absolute atomic E-state index is 13.1. The number of aromatic nitrogens is 2. The molecular formula is C20H28FN3O. The molecule has 1 aromatic carbocycles. The number of halogens is 1. The zero-order valence-corrected chi connectivity index (χ0v) is 15.6. The molecule has 0 radical (unpaired) electrons. The van der Waals surface area contributed by atoms with Crippen molar-refractivity contribution in [1.29, 1.82) is 0 Å². The van der Waals surface area contributed by atoms with Crippen LogP contribution in [0.3, 0.4) is 0 Å². The van der Waals surface area contributed by atoms with Crippen LogP contribution in [-0.4, -0.2) is 26.9 Å². The Bertz CT molecular complexity index is 677. The molecule has 2 aromatic rings. The SMILES string of the molecule is CC(C)CC(=O)N(Cc1nccn1Cc1ccc(F)cc1)CC(C)C. The molecule has 136 valence electrons. The summed E-state index contributed by atoms with van der Waals surface area (Å²) in [5.41, 5.74) is 1.00. The van der Waals surface area contributed by atoms with E-state index in [0.717, 1.165) is 17.9 Å². The van der Waals surface area contributed by atoms with Crippen molar-refractivity contribution >= 4 is 5.91 Å². The third-order valence-electron chi connectivity index (χ3n) is 3.92. The zero-order valence-electron chi connectivity index (χ0n) is 15.6. The zero-order chi connectivity index (χ0) is 18.4. The molecule has 0 unspecified atom stereocenters. The van der Waals surface area contributed by atoms with Crippen LogP contribution in [0.2, 0.25) is 0 Å². The Labute approximate surface area is 149 Å². The Morgan fingerprint density at radius 1 is 1.16 bits per heavy atom. The molecule has 0 atom stereocenters. The Morgan fingerprint density at radius 2 is 1.84 bits per heavy atom. The number of hydrogen-bond acceptors (Lipinski definition) is 2. The fraction of sp³-hybridized carbons (Fsp3) is 0.500. The Morgan fingerprint density at radius 3 is 2.44 bits per heavy atom. The van der Waals surface area contributed by atoms with Crippen molar-refractivity contribution in [2.24, 2.45) is 11.8 Å². The van der Waals surface area contributed by atoms with Gasteiger partial charge in [0.15, 0.2) is 0 Å². The van der Waals surface area contributed by atoms with E-state index in [9.17, 15) is 9.18 Å². The maximum Gasteiger partial charge on any atom is 0.223 e. The van der Waals surface area contributed by atoms with Crippen LogP contribution in [0.25, 0.3) is 0 Å². The van der Waals surface area contributed by atoms with Crippen LogP contribution in [0.4, 0.5) is 4.39 Å². The lowest BCUT2D eigenvalue weighted by Crippen LogP contribution is -2.35. The van der Waals surface area contributed by atoms with Gasteiger partial charge in [-0.2, -0.15) is 0 Å². The third-order valence-corrected chi connectivity index (χ3v) is 3.92. The summed E-state index contributed by atoms with van der Waals surface area (Å²) in [7, 11) is 0. The smallest absolute Gasteiger partial charge is 0.223 e.